The van der Waals surface area contributed by atoms with E-state index in [2.05, 4.69) is 95.0 Å². The molecule has 0 amide bonds. The fraction of sp³-hybridized carbons (Fsp3) is 0.357. The summed E-state index contributed by atoms with van der Waals surface area (Å²) in [7, 11) is 0. The van der Waals surface area contributed by atoms with Crippen LogP contribution in [0.4, 0.5) is 5.69 Å². The smallest absolute Gasteiger partial charge is 0.0645 e. The van der Waals surface area contributed by atoms with Crippen molar-refractivity contribution in [2.75, 3.05) is 5.01 Å². The van der Waals surface area contributed by atoms with Crippen LogP contribution in [0.5, 0.6) is 0 Å². The molecule has 0 aliphatic carbocycles. The minimum atomic E-state index is 0.220. The van der Waals surface area contributed by atoms with Gasteiger partial charge in [-0.25, -0.2) is 5.01 Å². The van der Waals surface area contributed by atoms with Gasteiger partial charge >= 0.3 is 0 Å². The van der Waals surface area contributed by atoms with Gasteiger partial charge in [0.25, 0.3) is 0 Å². The number of anilines is 1. The largest absolute Gasteiger partial charge is 0.266 e. The van der Waals surface area contributed by atoms with Crippen LogP contribution in [0.1, 0.15) is 68.7 Å². The Morgan fingerprint density at radius 2 is 1.81 bits per heavy atom. The Balaban J connectivity index is 2.42. The Hall–Kier alpha value is -2.94. The third-order valence-electron chi connectivity index (χ3n) is 5.76. The van der Waals surface area contributed by atoms with Crippen LogP contribution < -0.4 is 5.01 Å². The van der Waals surface area contributed by atoms with Crippen molar-refractivity contribution in [3.05, 3.63) is 88.3 Å². The third-order valence-corrected chi connectivity index (χ3v) is 5.76. The lowest BCUT2D eigenvalue weighted by atomic mass is 9.85. The van der Waals surface area contributed by atoms with Gasteiger partial charge in [-0.05, 0) is 81.3 Å². The van der Waals surface area contributed by atoms with Crippen LogP contribution in [0, 0.1) is 13.8 Å². The van der Waals surface area contributed by atoms with Crippen LogP contribution in [-0.4, -0.2) is 12.9 Å². The summed E-state index contributed by atoms with van der Waals surface area (Å²) < 4.78 is 0. The minimum Gasteiger partial charge on any atom is -0.266 e. The summed E-state index contributed by atoms with van der Waals surface area (Å²) in [5.41, 5.74) is 8.72. The monoisotopic (exact) mass is 415 g/mol. The van der Waals surface area contributed by atoms with Crippen molar-refractivity contribution in [3.8, 4) is 0 Å². The fourth-order valence-corrected chi connectivity index (χ4v) is 3.69. The Morgan fingerprint density at radius 1 is 1.10 bits per heavy atom. The van der Waals surface area contributed by atoms with Gasteiger partial charge in [-0.3, -0.25) is 4.99 Å². The summed E-state index contributed by atoms with van der Waals surface area (Å²) in [6, 6.07) is 15.2. The van der Waals surface area contributed by atoms with Gasteiger partial charge in [0, 0.05) is 30.7 Å². The quantitative estimate of drug-likeness (QED) is 0.288. The molecule has 1 atom stereocenters. The molecule has 0 radical (unpaired) electrons. The van der Waals surface area contributed by atoms with Crippen molar-refractivity contribution in [2.24, 2.45) is 10.1 Å². The van der Waals surface area contributed by atoms with Crippen LogP contribution >= 0.6 is 0 Å². The second kappa shape index (κ2) is 12.0. The van der Waals surface area contributed by atoms with E-state index < -0.39 is 0 Å². The highest BCUT2D eigenvalue weighted by molar-refractivity contribution is 5.57. The molecule has 2 rings (SSSR count). The number of hydrogen-bond donors (Lipinski definition) is 0. The predicted molar refractivity (Wildman–Crippen MR) is 137 cm³/mol. The first-order chi connectivity index (χ1) is 14.9. The predicted octanol–water partition coefficient (Wildman–Crippen LogP) is 7.75. The first kappa shape index (κ1) is 24.3. The molecule has 1 unspecified atom stereocenters. The number of aliphatic imine (C=N–C) groups is 1. The minimum absolute atomic E-state index is 0.220. The van der Waals surface area contributed by atoms with Gasteiger partial charge in [-0.15, -0.1) is 0 Å². The summed E-state index contributed by atoms with van der Waals surface area (Å²) in [6.45, 7) is 16.5. The number of benzene rings is 2. The molecule has 2 aromatic carbocycles. The van der Waals surface area contributed by atoms with Crippen molar-refractivity contribution < 1.29 is 0 Å². The molecule has 0 bridgehead atoms. The molecule has 164 valence electrons. The maximum atomic E-state index is 4.76. The molecule has 0 aliphatic rings. The molecule has 0 N–H and O–H groups in total. The molecule has 3 heteroatoms. The first-order valence-electron chi connectivity index (χ1n) is 11.2. The summed E-state index contributed by atoms with van der Waals surface area (Å²) in [6.07, 6.45) is 9.06. The van der Waals surface area contributed by atoms with E-state index in [1.165, 1.54) is 27.8 Å². The Morgan fingerprint density at radius 3 is 2.39 bits per heavy atom. The second-order valence-corrected chi connectivity index (χ2v) is 7.95. The lowest BCUT2D eigenvalue weighted by Crippen LogP contribution is -2.10. The van der Waals surface area contributed by atoms with E-state index in [1.807, 2.05) is 24.3 Å². The summed E-state index contributed by atoms with van der Waals surface area (Å²) in [5, 5.41) is 6.00. The van der Waals surface area contributed by atoms with Crippen molar-refractivity contribution in [2.45, 2.75) is 66.7 Å². The van der Waals surface area contributed by atoms with E-state index >= 15 is 0 Å². The lowest BCUT2D eigenvalue weighted by molar-refractivity contribution is 0.763. The molecule has 31 heavy (non-hydrogen) atoms. The maximum Gasteiger partial charge on any atom is 0.0645 e. The molecular weight excluding hydrogens is 378 g/mol. The Kier molecular flexibility index (Phi) is 9.45. The van der Waals surface area contributed by atoms with Crippen LogP contribution in [0.3, 0.4) is 0 Å². The van der Waals surface area contributed by atoms with E-state index in [9.17, 15) is 0 Å². The highest BCUT2D eigenvalue weighted by Gasteiger charge is 2.19. The van der Waals surface area contributed by atoms with Gasteiger partial charge in [0.15, 0.2) is 0 Å². The van der Waals surface area contributed by atoms with Crippen LogP contribution in [-0.2, 0) is 6.42 Å². The zero-order valence-corrected chi connectivity index (χ0v) is 20.0. The summed E-state index contributed by atoms with van der Waals surface area (Å²) >= 11 is 0. The van der Waals surface area contributed by atoms with Gasteiger partial charge in [-0.2, -0.15) is 5.10 Å². The Labute approximate surface area is 188 Å². The molecule has 0 aliphatic heterocycles. The molecule has 0 saturated carbocycles. The molecule has 0 spiro atoms. The molecule has 0 aromatic heterocycles. The fourth-order valence-electron chi connectivity index (χ4n) is 3.69. The summed E-state index contributed by atoms with van der Waals surface area (Å²) in [5.74, 6) is 0.220. The highest BCUT2D eigenvalue weighted by atomic mass is 15.4. The number of allylic oxidation sites excluding steroid dienone is 3. The van der Waals surface area contributed by atoms with Crippen molar-refractivity contribution in [1.82, 2.24) is 0 Å². The summed E-state index contributed by atoms with van der Waals surface area (Å²) in [4.78, 5) is 4.76. The average Bonchev–Trinajstić information content (AvgIpc) is 2.78. The average molecular weight is 416 g/mol. The Bertz CT molecular complexity index is 949. The van der Waals surface area contributed by atoms with Crippen molar-refractivity contribution in [1.29, 1.82) is 0 Å². The van der Waals surface area contributed by atoms with Gasteiger partial charge < -0.3 is 0 Å². The lowest BCUT2D eigenvalue weighted by Gasteiger charge is -2.22. The SMILES string of the molecule is C=NN(/C=C(/C)CC)c1ccc(CC(/C(=C/CC)N=CC)c2cccc(C)c2C)cc1. The van der Waals surface area contributed by atoms with Gasteiger partial charge in [0.1, 0.15) is 0 Å². The highest BCUT2D eigenvalue weighted by Crippen LogP contribution is 2.33. The molecule has 0 heterocycles. The standard InChI is InChI=1S/C28H37N3/c1-8-12-28(30-10-3)27(26-14-11-13-22(5)23(26)6)19-24-15-17-25(18-16-24)31(29-7)20-21(4)9-2/h10-18,20,27H,7-9,19H2,1-6H3/b21-20-,28-12-,30-10?. The van der Waals surface area contributed by atoms with E-state index in [0.717, 1.165) is 30.6 Å². The van der Waals surface area contributed by atoms with Gasteiger partial charge in [0.2, 0.25) is 0 Å². The number of aryl methyl sites for hydroxylation is 1. The van der Waals surface area contributed by atoms with Gasteiger partial charge in [-0.1, -0.05) is 55.8 Å². The first-order valence-corrected chi connectivity index (χ1v) is 11.2. The molecule has 0 fully saturated rings. The van der Waals surface area contributed by atoms with E-state index in [-0.39, 0.29) is 5.92 Å². The topological polar surface area (TPSA) is 28.0 Å². The zero-order chi connectivity index (χ0) is 22.8. The molecular formula is C28H37N3. The number of nitrogens with zero attached hydrogens (tertiary/aromatic N) is 3. The van der Waals surface area contributed by atoms with Crippen molar-refractivity contribution in [3.63, 3.8) is 0 Å². The van der Waals surface area contributed by atoms with Crippen LogP contribution in [0.2, 0.25) is 0 Å². The second-order valence-electron chi connectivity index (χ2n) is 7.95. The maximum absolute atomic E-state index is 4.76. The molecule has 3 nitrogen and oxygen atoms in total. The van der Waals surface area contributed by atoms with E-state index in [0.29, 0.717) is 0 Å². The normalized spacial score (nSPS) is 13.5. The van der Waals surface area contributed by atoms with Crippen LogP contribution in [0.15, 0.2) is 76.1 Å². The number of hydrogen-bond acceptors (Lipinski definition) is 3. The van der Waals surface area contributed by atoms with Crippen LogP contribution in [0.25, 0.3) is 0 Å². The molecule has 0 saturated heterocycles. The van der Waals surface area contributed by atoms with E-state index in [1.54, 1.807) is 0 Å². The van der Waals surface area contributed by atoms with Gasteiger partial charge in [0.05, 0.1) is 5.69 Å². The van der Waals surface area contributed by atoms with Crippen molar-refractivity contribution >= 4 is 18.6 Å². The number of rotatable bonds is 10. The third kappa shape index (κ3) is 6.52. The molecule has 2 aromatic rings. The zero-order valence-electron chi connectivity index (χ0n) is 20.0. The van der Waals surface area contributed by atoms with E-state index in [4.69, 9.17) is 4.99 Å². The number of hydrazone groups is 1.